The molecule has 1 aromatic carbocycles. The molecule has 1 aliphatic rings. The third-order valence-electron chi connectivity index (χ3n) is 4.54. The van der Waals surface area contributed by atoms with Gasteiger partial charge in [0.05, 0.1) is 6.20 Å². The van der Waals surface area contributed by atoms with Crippen molar-refractivity contribution >= 4 is 0 Å². The fraction of sp³-hybridized carbons (Fsp3) is 0.500. The third kappa shape index (κ3) is 2.75. The zero-order chi connectivity index (χ0) is 14.7. The highest BCUT2D eigenvalue weighted by Gasteiger charge is 2.51. The second kappa shape index (κ2) is 6.02. The summed E-state index contributed by atoms with van der Waals surface area (Å²) in [6.45, 7) is 6.36. The van der Waals surface area contributed by atoms with Crippen LogP contribution in [0.25, 0.3) is 0 Å². The first-order chi connectivity index (χ1) is 10.3. The summed E-state index contributed by atoms with van der Waals surface area (Å²) in [5.74, 6) is 0. The molecule has 21 heavy (non-hydrogen) atoms. The molecule has 0 saturated heterocycles. The zero-order valence-corrected chi connectivity index (χ0v) is 13.0. The lowest BCUT2D eigenvalue weighted by molar-refractivity contribution is 0.439. The van der Waals surface area contributed by atoms with Crippen molar-refractivity contribution in [2.45, 2.75) is 51.1 Å². The maximum Gasteiger partial charge on any atom is 0.0537 e. The number of aromatic nitrogens is 2. The molecule has 1 atom stereocenters. The van der Waals surface area contributed by atoms with Crippen LogP contribution in [0.3, 0.4) is 0 Å². The lowest BCUT2D eigenvalue weighted by atomic mass is 9.85. The van der Waals surface area contributed by atoms with Gasteiger partial charge in [0.25, 0.3) is 0 Å². The number of hydrogen-bond acceptors (Lipinski definition) is 2. The predicted molar refractivity (Wildman–Crippen MR) is 86.3 cm³/mol. The Kier molecular flexibility index (Phi) is 4.11. The van der Waals surface area contributed by atoms with E-state index in [2.05, 4.69) is 65.5 Å². The van der Waals surface area contributed by atoms with Crippen LogP contribution in [0.1, 0.15) is 50.3 Å². The lowest BCUT2D eigenvalue weighted by Crippen LogP contribution is -2.32. The maximum absolute atomic E-state index is 4.52. The summed E-state index contributed by atoms with van der Waals surface area (Å²) in [6.07, 6.45) is 7.91. The molecule has 1 aliphatic carbocycles. The van der Waals surface area contributed by atoms with E-state index in [0.29, 0.717) is 6.04 Å². The summed E-state index contributed by atoms with van der Waals surface area (Å²) in [6, 6.07) is 11.3. The van der Waals surface area contributed by atoms with E-state index < -0.39 is 0 Å². The highest BCUT2D eigenvalue weighted by Crippen LogP contribution is 2.56. The fourth-order valence-electron chi connectivity index (χ4n) is 3.37. The summed E-state index contributed by atoms with van der Waals surface area (Å²) >= 11 is 0. The Labute approximate surface area is 127 Å². The highest BCUT2D eigenvalue weighted by molar-refractivity contribution is 5.37. The Morgan fingerprint density at radius 3 is 2.62 bits per heavy atom. The molecular weight excluding hydrogens is 258 g/mol. The number of nitrogens with one attached hydrogen (secondary N) is 1. The molecule has 0 spiro atoms. The molecule has 1 fully saturated rings. The molecule has 3 rings (SSSR count). The van der Waals surface area contributed by atoms with E-state index in [1.54, 1.807) is 0 Å². The minimum absolute atomic E-state index is 0.261. The van der Waals surface area contributed by atoms with Crippen LogP contribution in [0, 0.1) is 0 Å². The van der Waals surface area contributed by atoms with Crippen LogP contribution >= 0.6 is 0 Å². The van der Waals surface area contributed by atoms with Gasteiger partial charge in [-0.05, 0) is 31.4 Å². The molecule has 3 nitrogen and oxygen atoms in total. The van der Waals surface area contributed by atoms with Crippen LogP contribution in [0.4, 0.5) is 0 Å². The third-order valence-corrected chi connectivity index (χ3v) is 4.54. The van der Waals surface area contributed by atoms with Gasteiger partial charge < -0.3 is 5.32 Å². The Balaban J connectivity index is 1.90. The van der Waals surface area contributed by atoms with Crippen LogP contribution in [-0.4, -0.2) is 16.3 Å². The molecule has 1 N–H and O–H groups in total. The van der Waals surface area contributed by atoms with Gasteiger partial charge in [-0.2, -0.15) is 5.10 Å². The van der Waals surface area contributed by atoms with E-state index in [1.807, 2.05) is 6.20 Å². The Morgan fingerprint density at radius 2 is 2.00 bits per heavy atom. The van der Waals surface area contributed by atoms with Gasteiger partial charge in [0.15, 0.2) is 0 Å². The number of hydrogen-bond donors (Lipinski definition) is 1. The summed E-state index contributed by atoms with van der Waals surface area (Å²) in [5.41, 5.74) is 3.04. The Morgan fingerprint density at radius 1 is 1.24 bits per heavy atom. The number of nitrogens with zero attached hydrogens (tertiary/aromatic N) is 2. The number of benzene rings is 1. The molecule has 1 saturated carbocycles. The van der Waals surface area contributed by atoms with Crippen molar-refractivity contribution < 1.29 is 0 Å². The monoisotopic (exact) mass is 283 g/mol. The first-order valence-corrected chi connectivity index (χ1v) is 8.11. The Hall–Kier alpha value is -1.61. The number of likely N-dealkylation sites (N-methyl/N-ethyl adjacent to an activating group) is 1. The number of aryl methyl sites for hydroxylation is 1. The summed E-state index contributed by atoms with van der Waals surface area (Å²) < 4.78 is 2.07. The summed E-state index contributed by atoms with van der Waals surface area (Å²) in [4.78, 5) is 0. The Bertz CT molecular complexity index is 569. The van der Waals surface area contributed by atoms with Gasteiger partial charge in [0.1, 0.15) is 0 Å². The van der Waals surface area contributed by atoms with Gasteiger partial charge >= 0.3 is 0 Å². The van der Waals surface area contributed by atoms with E-state index in [9.17, 15) is 0 Å². The second-order valence-electron chi connectivity index (χ2n) is 6.05. The average molecular weight is 283 g/mol. The minimum Gasteiger partial charge on any atom is -0.309 e. The van der Waals surface area contributed by atoms with Crippen LogP contribution < -0.4 is 5.32 Å². The summed E-state index contributed by atoms with van der Waals surface area (Å²) in [5, 5.41) is 8.22. The molecule has 112 valence electrons. The molecular formula is C18H25N3. The largest absolute Gasteiger partial charge is 0.309 e. The van der Waals surface area contributed by atoms with Gasteiger partial charge in [-0.15, -0.1) is 0 Å². The summed E-state index contributed by atoms with van der Waals surface area (Å²) in [7, 11) is 0. The topological polar surface area (TPSA) is 29.9 Å². The van der Waals surface area contributed by atoms with Crippen molar-refractivity contribution in [1.29, 1.82) is 0 Å². The molecule has 0 aliphatic heterocycles. The van der Waals surface area contributed by atoms with Crippen LogP contribution in [-0.2, 0) is 12.0 Å². The SMILES string of the molecule is CCCn1cc(C(NCC)C2(c3ccccc3)CC2)cn1. The molecule has 0 radical (unpaired) electrons. The van der Waals surface area contributed by atoms with Gasteiger partial charge in [-0.25, -0.2) is 0 Å². The van der Waals surface area contributed by atoms with E-state index in [1.165, 1.54) is 24.0 Å². The second-order valence-corrected chi connectivity index (χ2v) is 6.05. The van der Waals surface area contributed by atoms with E-state index in [-0.39, 0.29) is 5.41 Å². The first-order valence-electron chi connectivity index (χ1n) is 8.11. The van der Waals surface area contributed by atoms with E-state index >= 15 is 0 Å². The molecule has 3 heteroatoms. The van der Waals surface area contributed by atoms with Gasteiger partial charge in [-0.1, -0.05) is 44.2 Å². The quantitative estimate of drug-likeness (QED) is 0.840. The van der Waals surface area contributed by atoms with Crippen LogP contribution in [0.5, 0.6) is 0 Å². The molecule has 1 unspecified atom stereocenters. The lowest BCUT2D eigenvalue weighted by Gasteiger charge is -2.27. The van der Waals surface area contributed by atoms with Crippen molar-refractivity contribution in [3.8, 4) is 0 Å². The smallest absolute Gasteiger partial charge is 0.0537 e. The highest BCUT2D eigenvalue weighted by atomic mass is 15.3. The average Bonchev–Trinajstić information content (AvgIpc) is 3.20. The normalized spacial score (nSPS) is 17.6. The first kappa shape index (κ1) is 14.3. The predicted octanol–water partition coefficient (Wildman–Crippen LogP) is 3.68. The molecule has 0 bridgehead atoms. The molecule has 1 heterocycles. The van der Waals surface area contributed by atoms with Crippen molar-refractivity contribution in [2.24, 2.45) is 0 Å². The minimum atomic E-state index is 0.261. The number of rotatable bonds is 7. The van der Waals surface area contributed by atoms with Crippen molar-refractivity contribution in [3.63, 3.8) is 0 Å². The van der Waals surface area contributed by atoms with Crippen molar-refractivity contribution in [2.75, 3.05) is 6.54 Å². The fourth-order valence-corrected chi connectivity index (χ4v) is 3.37. The maximum atomic E-state index is 4.52. The van der Waals surface area contributed by atoms with E-state index in [0.717, 1.165) is 19.5 Å². The standard InChI is InChI=1S/C18H25N3/c1-3-12-21-14-15(13-20-21)17(19-4-2)18(10-11-18)16-8-6-5-7-9-16/h5-9,13-14,17,19H,3-4,10-12H2,1-2H3. The van der Waals surface area contributed by atoms with Crippen molar-refractivity contribution in [3.05, 3.63) is 53.9 Å². The van der Waals surface area contributed by atoms with Gasteiger partial charge in [0.2, 0.25) is 0 Å². The van der Waals surface area contributed by atoms with Crippen LogP contribution in [0.2, 0.25) is 0 Å². The molecule has 1 aromatic heterocycles. The van der Waals surface area contributed by atoms with Crippen LogP contribution in [0.15, 0.2) is 42.7 Å². The van der Waals surface area contributed by atoms with Gasteiger partial charge in [-0.3, -0.25) is 4.68 Å². The molecule has 2 aromatic rings. The van der Waals surface area contributed by atoms with Gasteiger partial charge in [0, 0.05) is 29.8 Å². The van der Waals surface area contributed by atoms with E-state index in [4.69, 9.17) is 0 Å². The van der Waals surface area contributed by atoms with Crippen molar-refractivity contribution in [1.82, 2.24) is 15.1 Å². The zero-order valence-electron chi connectivity index (χ0n) is 13.0. The molecule has 0 amide bonds.